The second-order valence-corrected chi connectivity index (χ2v) is 6.99. The van der Waals surface area contributed by atoms with Crippen LogP contribution in [-0.2, 0) is 10.2 Å². The standard InChI is InChI=1S/C19H27N3O/c1-15-6-4-5-12-22(15)13-11-18(23)21-17-9-7-16(8-10-17)19(2,3)14-20/h7-10,15H,4-6,11-13H2,1-3H3,(H,21,23). The van der Waals surface area contributed by atoms with E-state index in [1.807, 2.05) is 38.1 Å². The third-order valence-corrected chi connectivity index (χ3v) is 4.74. The third-order valence-electron chi connectivity index (χ3n) is 4.74. The molecule has 0 bridgehead atoms. The van der Waals surface area contributed by atoms with Crippen LogP contribution in [0.3, 0.4) is 0 Å². The zero-order valence-corrected chi connectivity index (χ0v) is 14.4. The summed E-state index contributed by atoms with van der Waals surface area (Å²) in [4.78, 5) is 14.5. The molecule has 1 unspecified atom stereocenters. The summed E-state index contributed by atoms with van der Waals surface area (Å²) in [6.07, 6.45) is 4.30. The molecule has 0 radical (unpaired) electrons. The van der Waals surface area contributed by atoms with Gasteiger partial charge >= 0.3 is 0 Å². The predicted octanol–water partition coefficient (Wildman–Crippen LogP) is 3.69. The van der Waals surface area contributed by atoms with Crippen molar-refractivity contribution < 1.29 is 4.79 Å². The monoisotopic (exact) mass is 313 g/mol. The highest BCUT2D eigenvalue weighted by Crippen LogP contribution is 2.23. The first-order chi connectivity index (χ1) is 10.9. The number of benzene rings is 1. The van der Waals surface area contributed by atoms with E-state index in [-0.39, 0.29) is 5.91 Å². The van der Waals surface area contributed by atoms with Gasteiger partial charge in [-0.3, -0.25) is 4.79 Å². The molecule has 0 spiro atoms. The molecule has 2 rings (SSSR count). The number of likely N-dealkylation sites (tertiary alicyclic amines) is 1. The molecule has 4 heteroatoms. The van der Waals surface area contributed by atoms with Crippen molar-refractivity contribution in [2.75, 3.05) is 18.4 Å². The van der Waals surface area contributed by atoms with Crippen LogP contribution < -0.4 is 5.32 Å². The Morgan fingerprint density at radius 2 is 2.04 bits per heavy atom. The van der Waals surface area contributed by atoms with Crippen molar-refractivity contribution in [3.8, 4) is 6.07 Å². The fourth-order valence-corrected chi connectivity index (χ4v) is 2.99. The second-order valence-electron chi connectivity index (χ2n) is 6.99. The van der Waals surface area contributed by atoms with E-state index in [0.29, 0.717) is 12.5 Å². The van der Waals surface area contributed by atoms with E-state index in [4.69, 9.17) is 5.26 Å². The number of carbonyl (C=O) groups excluding carboxylic acids is 1. The van der Waals surface area contributed by atoms with E-state index in [0.717, 1.165) is 24.3 Å². The summed E-state index contributed by atoms with van der Waals surface area (Å²) in [7, 11) is 0. The zero-order chi connectivity index (χ0) is 16.9. The Morgan fingerprint density at radius 1 is 1.35 bits per heavy atom. The highest BCUT2D eigenvalue weighted by atomic mass is 16.1. The molecular weight excluding hydrogens is 286 g/mol. The highest BCUT2D eigenvalue weighted by Gasteiger charge is 2.20. The maximum atomic E-state index is 12.1. The van der Waals surface area contributed by atoms with Crippen molar-refractivity contribution in [3.05, 3.63) is 29.8 Å². The van der Waals surface area contributed by atoms with E-state index < -0.39 is 5.41 Å². The van der Waals surface area contributed by atoms with E-state index >= 15 is 0 Å². The summed E-state index contributed by atoms with van der Waals surface area (Å²) in [5.41, 5.74) is 1.24. The van der Waals surface area contributed by atoms with Crippen molar-refractivity contribution in [2.24, 2.45) is 0 Å². The number of amides is 1. The Bertz CT molecular complexity index is 571. The van der Waals surface area contributed by atoms with Gasteiger partial charge in [-0.2, -0.15) is 5.26 Å². The van der Waals surface area contributed by atoms with Gasteiger partial charge in [0.05, 0.1) is 11.5 Å². The van der Waals surface area contributed by atoms with Crippen LogP contribution in [0.1, 0.15) is 52.0 Å². The Labute approximate surface area is 139 Å². The largest absolute Gasteiger partial charge is 0.326 e. The number of anilines is 1. The average molecular weight is 313 g/mol. The van der Waals surface area contributed by atoms with Crippen LogP contribution in [0.4, 0.5) is 5.69 Å². The summed E-state index contributed by atoms with van der Waals surface area (Å²) in [5.74, 6) is 0.0510. The summed E-state index contributed by atoms with van der Waals surface area (Å²) < 4.78 is 0. The average Bonchev–Trinajstić information content (AvgIpc) is 2.54. The molecule has 1 aromatic carbocycles. The van der Waals surface area contributed by atoms with E-state index in [9.17, 15) is 4.79 Å². The van der Waals surface area contributed by atoms with Gasteiger partial charge in [0.2, 0.25) is 5.91 Å². The van der Waals surface area contributed by atoms with Gasteiger partial charge in [0.1, 0.15) is 0 Å². The highest BCUT2D eigenvalue weighted by molar-refractivity contribution is 5.90. The lowest BCUT2D eigenvalue weighted by Gasteiger charge is -2.33. The molecule has 1 aliphatic rings. The Kier molecular flexibility index (Phi) is 5.79. The quantitative estimate of drug-likeness (QED) is 0.902. The Hall–Kier alpha value is -1.86. The van der Waals surface area contributed by atoms with E-state index in [1.54, 1.807) is 0 Å². The summed E-state index contributed by atoms with van der Waals surface area (Å²) >= 11 is 0. The van der Waals surface area contributed by atoms with Crippen molar-refractivity contribution in [2.45, 2.75) is 57.9 Å². The van der Waals surface area contributed by atoms with Gasteiger partial charge in [0.25, 0.3) is 0 Å². The lowest BCUT2D eigenvalue weighted by atomic mass is 9.86. The number of nitrogens with one attached hydrogen (secondary N) is 1. The molecule has 1 N–H and O–H groups in total. The van der Waals surface area contributed by atoms with Gasteiger partial charge in [-0.1, -0.05) is 18.6 Å². The van der Waals surface area contributed by atoms with Gasteiger partial charge in [0.15, 0.2) is 0 Å². The first-order valence-corrected chi connectivity index (χ1v) is 8.48. The molecule has 1 fully saturated rings. The minimum atomic E-state index is -0.507. The van der Waals surface area contributed by atoms with Gasteiger partial charge in [-0.15, -0.1) is 0 Å². The van der Waals surface area contributed by atoms with Crippen molar-refractivity contribution in [3.63, 3.8) is 0 Å². The van der Waals surface area contributed by atoms with Crippen LogP contribution in [0.25, 0.3) is 0 Å². The van der Waals surface area contributed by atoms with Crippen LogP contribution in [0.2, 0.25) is 0 Å². The van der Waals surface area contributed by atoms with Crippen molar-refractivity contribution in [1.82, 2.24) is 4.90 Å². The Morgan fingerprint density at radius 3 is 2.65 bits per heavy atom. The Balaban J connectivity index is 1.84. The summed E-state index contributed by atoms with van der Waals surface area (Å²) in [6.45, 7) is 7.95. The number of carbonyl (C=O) groups is 1. The van der Waals surface area contributed by atoms with Gasteiger partial charge in [0, 0.05) is 24.7 Å². The zero-order valence-electron chi connectivity index (χ0n) is 14.4. The molecule has 0 aromatic heterocycles. The molecule has 1 atom stereocenters. The molecule has 23 heavy (non-hydrogen) atoms. The predicted molar refractivity (Wildman–Crippen MR) is 93.2 cm³/mol. The molecule has 1 aromatic rings. The van der Waals surface area contributed by atoms with Gasteiger partial charge in [-0.05, 0) is 57.9 Å². The summed E-state index contributed by atoms with van der Waals surface area (Å²) in [5, 5.41) is 12.1. The third kappa shape index (κ3) is 4.80. The van der Waals surface area contributed by atoms with Crippen molar-refractivity contribution >= 4 is 11.6 Å². The number of rotatable bonds is 5. The maximum absolute atomic E-state index is 12.1. The number of hydrogen-bond donors (Lipinski definition) is 1. The first kappa shape index (κ1) is 17.5. The molecule has 124 valence electrons. The fourth-order valence-electron chi connectivity index (χ4n) is 2.99. The number of hydrogen-bond acceptors (Lipinski definition) is 3. The van der Waals surface area contributed by atoms with Crippen molar-refractivity contribution in [1.29, 1.82) is 5.26 Å². The smallest absolute Gasteiger partial charge is 0.225 e. The topological polar surface area (TPSA) is 56.1 Å². The molecule has 1 aliphatic heterocycles. The SMILES string of the molecule is CC1CCCCN1CCC(=O)Nc1ccc(C(C)(C)C#N)cc1. The van der Waals surface area contributed by atoms with Gasteiger partial charge < -0.3 is 10.2 Å². The van der Waals surface area contributed by atoms with Crippen LogP contribution in [0, 0.1) is 11.3 Å². The van der Waals surface area contributed by atoms with E-state index in [1.165, 1.54) is 19.3 Å². The van der Waals surface area contributed by atoms with Crippen LogP contribution >= 0.6 is 0 Å². The van der Waals surface area contributed by atoms with Crippen LogP contribution in [0.15, 0.2) is 24.3 Å². The number of piperidine rings is 1. The van der Waals surface area contributed by atoms with Crippen LogP contribution in [0.5, 0.6) is 0 Å². The van der Waals surface area contributed by atoms with Crippen LogP contribution in [-0.4, -0.2) is 29.9 Å². The second kappa shape index (κ2) is 7.61. The molecule has 1 amide bonds. The lowest BCUT2D eigenvalue weighted by Crippen LogP contribution is -2.39. The molecule has 1 heterocycles. The summed E-state index contributed by atoms with van der Waals surface area (Å²) in [6, 6.07) is 10.4. The number of nitrogens with zero attached hydrogens (tertiary/aromatic N) is 2. The van der Waals surface area contributed by atoms with E-state index in [2.05, 4.69) is 23.2 Å². The molecular formula is C19H27N3O. The molecule has 0 aliphatic carbocycles. The molecule has 4 nitrogen and oxygen atoms in total. The first-order valence-electron chi connectivity index (χ1n) is 8.48. The maximum Gasteiger partial charge on any atom is 0.225 e. The lowest BCUT2D eigenvalue weighted by molar-refractivity contribution is -0.116. The minimum Gasteiger partial charge on any atom is -0.326 e. The van der Waals surface area contributed by atoms with Gasteiger partial charge in [-0.25, -0.2) is 0 Å². The molecule has 0 saturated carbocycles. The molecule has 1 saturated heterocycles. The fraction of sp³-hybridized carbons (Fsp3) is 0.579. The number of nitriles is 1. The minimum absolute atomic E-state index is 0.0510. The normalized spacial score (nSPS) is 19.1.